The topological polar surface area (TPSA) is 58.4 Å². The largest absolute Gasteiger partial charge is 0.360 e. The number of halogens is 1. The molecule has 140 valence electrons. The van der Waals surface area contributed by atoms with E-state index in [2.05, 4.69) is 41.7 Å². The van der Waals surface area contributed by atoms with Gasteiger partial charge in [-0.05, 0) is 36.8 Å². The maximum absolute atomic E-state index is 13.2. The number of hydrogen-bond acceptors (Lipinski definition) is 4. The first kappa shape index (κ1) is 18.9. The minimum absolute atomic E-state index is 0. The molecule has 1 aliphatic heterocycles. The van der Waals surface area contributed by atoms with Crippen LogP contribution in [0.15, 0.2) is 28.8 Å². The number of nitrogens with zero attached hydrogens (tertiary/aromatic N) is 2. The van der Waals surface area contributed by atoms with Gasteiger partial charge in [0.25, 0.3) is 5.91 Å². The van der Waals surface area contributed by atoms with Crippen molar-refractivity contribution in [3.8, 4) is 0 Å². The number of nitrogens with one attached hydrogen (secondary N) is 1. The van der Waals surface area contributed by atoms with E-state index in [-0.39, 0.29) is 24.4 Å². The number of aryl methyl sites for hydroxylation is 2. The monoisotopic (exact) mass is 375 g/mol. The van der Waals surface area contributed by atoms with Gasteiger partial charge in [0.05, 0.1) is 6.04 Å². The highest BCUT2D eigenvalue weighted by molar-refractivity contribution is 5.94. The molecule has 26 heavy (non-hydrogen) atoms. The lowest BCUT2D eigenvalue weighted by atomic mass is 9.95. The van der Waals surface area contributed by atoms with E-state index < -0.39 is 0 Å². The molecule has 1 unspecified atom stereocenters. The molecule has 0 saturated carbocycles. The quantitative estimate of drug-likeness (QED) is 0.894. The smallest absolute Gasteiger partial charge is 0.276 e. The number of aromatic nitrogens is 1. The zero-order valence-corrected chi connectivity index (χ0v) is 16.0. The number of piperazine rings is 1. The molecule has 1 saturated heterocycles. The molecule has 1 atom stereocenters. The Morgan fingerprint density at radius 3 is 2.81 bits per heavy atom. The van der Waals surface area contributed by atoms with Gasteiger partial charge >= 0.3 is 0 Å². The number of carbonyl (C=O) groups excluding carboxylic acids is 1. The minimum Gasteiger partial charge on any atom is -0.360 e. The molecule has 1 amide bonds. The van der Waals surface area contributed by atoms with E-state index in [9.17, 15) is 4.79 Å². The van der Waals surface area contributed by atoms with Crippen LogP contribution in [0.5, 0.6) is 0 Å². The van der Waals surface area contributed by atoms with Gasteiger partial charge in [-0.25, -0.2) is 0 Å². The summed E-state index contributed by atoms with van der Waals surface area (Å²) in [7, 11) is 0. The number of rotatable bonds is 3. The van der Waals surface area contributed by atoms with Crippen LogP contribution >= 0.6 is 12.4 Å². The fraction of sp³-hybridized carbons (Fsp3) is 0.500. The second-order valence-corrected chi connectivity index (χ2v) is 6.95. The Hall–Kier alpha value is -1.85. The van der Waals surface area contributed by atoms with Crippen molar-refractivity contribution in [2.45, 2.75) is 45.1 Å². The van der Waals surface area contributed by atoms with Gasteiger partial charge in [-0.3, -0.25) is 4.79 Å². The van der Waals surface area contributed by atoms with Gasteiger partial charge < -0.3 is 14.7 Å². The van der Waals surface area contributed by atoms with Crippen LogP contribution in [-0.4, -0.2) is 35.6 Å². The van der Waals surface area contributed by atoms with Crippen molar-refractivity contribution in [3.63, 3.8) is 0 Å². The van der Waals surface area contributed by atoms with E-state index in [1.807, 2.05) is 4.90 Å². The van der Waals surface area contributed by atoms with Crippen molar-refractivity contribution < 1.29 is 9.32 Å². The molecular weight excluding hydrogens is 350 g/mol. The first-order valence-corrected chi connectivity index (χ1v) is 9.36. The van der Waals surface area contributed by atoms with Crippen molar-refractivity contribution in [1.82, 2.24) is 15.4 Å². The predicted octanol–water partition coefficient (Wildman–Crippen LogP) is 3.32. The summed E-state index contributed by atoms with van der Waals surface area (Å²) in [6, 6.07) is 8.65. The second-order valence-electron chi connectivity index (χ2n) is 6.95. The molecule has 2 aliphatic rings. The lowest BCUT2D eigenvalue weighted by molar-refractivity contribution is 0.0622. The second kappa shape index (κ2) is 8.23. The number of fused-ring (bicyclic) bond motifs is 1. The molecular formula is C20H26ClN3O2. The molecule has 1 N–H and O–H groups in total. The highest BCUT2D eigenvalue weighted by Crippen LogP contribution is 2.29. The Bertz CT molecular complexity index is 757. The molecule has 5 nitrogen and oxygen atoms in total. The Labute approximate surface area is 160 Å². The van der Waals surface area contributed by atoms with Crippen LogP contribution < -0.4 is 5.32 Å². The molecule has 2 heterocycles. The molecule has 2 aromatic rings. The molecule has 6 heteroatoms. The van der Waals surface area contributed by atoms with E-state index >= 15 is 0 Å². The van der Waals surface area contributed by atoms with Crippen LogP contribution in [0.3, 0.4) is 0 Å². The standard InChI is InChI=1S/C20H25N3O2.ClH/c1-2-14-7-9-15(10-8-14)17-13-21-11-12-23(17)20(24)19-16-5-3-4-6-18(16)25-22-19;/h7-10,17,21H,2-6,11-13H2,1H3;1H. The van der Waals surface area contributed by atoms with Crippen molar-refractivity contribution >= 4 is 18.3 Å². The first-order valence-electron chi connectivity index (χ1n) is 9.36. The minimum atomic E-state index is 0. The van der Waals surface area contributed by atoms with Crippen LogP contribution in [0.25, 0.3) is 0 Å². The molecule has 4 rings (SSSR count). The predicted molar refractivity (Wildman–Crippen MR) is 103 cm³/mol. The average Bonchev–Trinajstić information content (AvgIpc) is 3.12. The highest BCUT2D eigenvalue weighted by atomic mass is 35.5. The van der Waals surface area contributed by atoms with E-state index in [0.29, 0.717) is 12.2 Å². The van der Waals surface area contributed by atoms with Gasteiger partial charge in [0.15, 0.2) is 5.69 Å². The maximum Gasteiger partial charge on any atom is 0.276 e. The van der Waals surface area contributed by atoms with Gasteiger partial charge in [-0.15, -0.1) is 12.4 Å². The van der Waals surface area contributed by atoms with E-state index in [4.69, 9.17) is 4.52 Å². The fourth-order valence-electron chi connectivity index (χ4n) is 3.91. The summed E-state index contributed by atoms with van der Waals surface area (Å²) in [5, 5.41) is 7.56. The van der Waals surface area contributed by atoms with Crippen molar-refractivity contribution in [3.05, 3.63) is 52.4 Å². The third kappa shape index (κ3) is 3.51. The summed E-state index contributed by atoms with van der Waals surface area (Å²) in [5.41, 5.74) is 4.06. The van der Waals surface area contributed by atoms with E-state index in [1.54, 1.807) is 0 Å². The Kier molecular flexibility index (Phi) is 5.99. The molecule has 1 aromatic heterocycles. The molecule has 0 bridgehead atoms. The van der Waals surface area contributed by atoms with E-state index in [1.165, 1.54) is 11.1 Å². The maximum atomic E-state index is 13.2. The van der Waals surface area contributed by atoms with Gasteiger partial charge in [0.2, 0.25) is 0 Å². The van der Waals surface area contributed by atoms with Crippen molar-refractivity contribution in [1.29, 1.82) is 0 Å². The lowest BCUT2D eigenvalue weighted by Crippen LogP contribution is -2.49. The van der Waals surface area contributed by atoms with Crippen LogP contribution in [0.1, 0.15) is 58.7 Å². The summed E-state index contributed by atoms with van der Waals surface area (Å²) in [4.78, 5) is 15.2. The summed E-state index contributed by atoms with van der Waals surface area (Å²) in [5.74, 6) is 0.923. The van der Waals surface area contributed by atoms with Crippen LogP contribution in [0.4, 0.5) is 0 Å². The molecule has 1 fully saturated rings. The summed E-state index contributed by atoms with van der Waals surface area (Å²) in [6.07, 6.45) is 5.06. The van der Waals surface area contributed by atoms with Crippen molar-refractivity contribution in [2.75, 3.05) is 19.6 Å². The van der Waals surface area contributed by atoms with Crippen LogP contribution in [0, 0.1) is 0 Å². The third-order valence-corrected chi connectivity index (χ3v) is 5.43. The normalized spacial score (nSPS) is 19.6. The Balaban J connectivity index is 0.00000196. The van der Waals surface area contributed by atoms with Crippen LogP contribution in [0.2, 0.25) is 0 Å². The Morgan fingerprint density at radius 2 is 2.04 bits per heavy atom. The molecule has 0 radical (unpaired) electrons. The van der Waals surface area contributed by atoms with Gasteiger partial charge in [0, 0.05) is 31.6 Å². The summed E-state index contributed by atoms with van der Waals surface area (Å²) < 4.78 is 5.46. The zero-order chi connectivity index (χ0) is 17.2. The van der Waals surface area contributed by atoms with E-state index in [0.717, 1.165) is 56.5 Å². The summed E-state index contributed by atoms with van der Waals surface area (Å²) >= 11 is 0. The number of hydrogen-bond donors (Lipinski definition) is 1. The van der Waals surface area contributed by atoms with Gasteiger partial charge in [0.1, 0.15) is 5.76 Å². The van der Waals surface area contributed by atoms with Gasteiger partial charge in [-0.2, -0.15) is 0 Å². The highest BCUT2D eigenvalue weighted by Gasteiger charge is 2.33. The summed E-state index contributed by atoms with van der Waals surface area (Å²) in [6.45, 7) is 4.44. The number of benzene rings is 1. The Morgan fingerprint density at radius 1 is 1.27 bits per heavy atom. The molecule has 1 aromatic carbocycles. The SMILES string of the molecule is CCc1ccc(C2CNCCN2C(=O)c2noc3c2CCCC3)cc1.Cl. The van der Waals surface area contributed by atoms with Crippen LogP contribution in [-0.2, 0) is 19.3 Å². The number of carbonyl (C=O) groups is 1. The molecule has 0 spiro atoms. The van der Waals surface area contributed by atoms with Gasteiger partial charge in [-0.1, -0.05) is 36.3 Å². The number of amides is 1. The molecule has 1 aliphatic carbocycles. The average molecular weight is 376 g/mol. The first-order chi connectivity index (χ1) is 12.3. The fourth-order valence-corrected chi connectivity index (χ4v) is 3.91. The third-order valence-electron chi connectivity index (χ3n) is 5.43. The zero-order valence-electron chi connectivity index (χ0n) is 15.2. The van der Waals surface area contributed by atoms with Crippen molar-refractivity contribution in [2.24, 2.45) is 0 Å². The lowest BCUT2D eigenvalue weighted by Gasteiger charge is -2.36.